The van der Waals surface area contributed by atoms with E-state index in [-0.39, 0.29) is 26.9 Å². The summed E-state index contributed by atoms with van der Waals surface area (Å²) in [6.07, 6.45) is 7.55. The SMILES string of the molecule is O=C(COC(=O)CNS(=O)(=O)c1ccc(Cl)c(Cl)c1)NC1CCCCCCC1. The molecule has 1 saturated carbocycles. The van der Waals surface area contributed by atoms with Crippen molar-refractivity contribution in [2.24, 2.45) is 0 Å². The van der Waals surface area contributed by atoms with Crippen LogP contribution in [0.25, 0.3) is 0 Å². The fourth-order valence-corrected chi connectivity index (χ4v) is 4.31. The van der Waals surface area contributed by atoms with Crippen LogP contribution in [0.4, 0.5) is 0 Å². The normalized spacial score (nSPS) is 16.1. The van der Waals surface area contributed by atoms with Gasteiger partial charge in [-0.15, -0.1) is 0 Å². The van der Waals surface area contributed by atoms with Crippen LogP contribution >= 0.6 is 23.2 Å². The van der Waals surface area contributed by atoms with Gasteiger partial charge in [-0.2, -0.15) is 4.72 Å². The molecule has 7 nitrogen and oxygen atoms in total. The van der Waals surface area contributed by atoms with Crippen LogP contribution in [0.3, 0.4) is 0 Å². The number of rotatable bonds is 7. The third kappa shape index (κ3) is 7.58. The van der Waals surface area contributed by atoms with E-state index in [0.717, 1.165) is 25.7 Å². The lowest BCUT2D eigenvalue weighted by Crippen LogP contribution is -2.39. The highest BCUT2D eigenvalue weighted by atomic mass is 35.5. The molecule has 0 heterocycles. The molecule has 1 aliphatic carbocycles. The van der Waals surface area contributed by atoms with Crippen molar-refractivity contribution in [3.8, 4) is 0 Å². The number of benzene rings is 1. The lowest BCUT2D eigenvalue weighted by Gasteiger charge is -2.20. The Balaban J connectivity index is 1.75. The number of ether oxygens (including phenoxy) is 1. The summed E-state index contributed by atoms with van der Waals surface area (Å²) in [5.74, 6) is -1.23. The van der Waals surface area contributed by atoms with Crippen LogP contribution in [0.15, 0.2) is 23.1 Å². The number of amides is 1. The maximum absolute atomic E-state index is 12.2. The van der Waals surface area contributed by atoms with E-state index in [1.807, 2.05) is 0 Å². The average molecular weight is 451 g/mol. The maximum atomic E-state index is 12.2. The van der Waals surface area contributed by atoms with E-state index in [1.54, 1.807) is 0 Å². The van der Waals surface area contributed by atoms with E-state index in [1.165, 1.54) is 37.5 Å². The summed E-state index contributed by atoms with van der Waals surface area (Å²) < 4.78 is 31.3. The molecule has 0 spiro atoms. The number of nitrogens with one attached hydrogen (secondary N) is 2. The Morgan fingerprint density at radius 1 is 1.04 bits per heavy atom. The molecule has 0 radical (unpaired) electrons. The Labute approximate surface area is 175 Å². The largest absolute Gasteiger partial charge is 0.455 e. The van der Waals surface area contributed by atoms with E-state index in [4.69, 9.17) is 27.9 Å². The number of carbonyl (C=O) groups excluding carboxylic acids is 2. The Hall–Kier alpha value is -1.35. The van der Waals surface area contributed by atoms with Crippen molar-refractivity contribution in [3.63, 3.8) is 0 Å². The van der Waals surface area contributed by atoms with Gasteiger partial charge in [0, 0.05) is 6.04 Å². The third-order valence-corrected chi connectivity index (χ3v) is 6.58. The topological polar surface area (TPSA) is 102 Å². The first-order valence-electron chi connectivity index (χ1n) is 9.17. The number of sulfonamides is 1. The van der Waals surface area contributed by atoms with E-state index in [9.17, 15) is 18.0 Å². The molecule has 2 rings (SSSR count). The van der Waals surface area contributed by atoms with Crippen molar-refractivity contribution in [1.29, 1.82) is 0 Å². The summed E-state index contributed by atoms with van der Waals surface area (Å²) >= 11 is 11.6. The predicted molar refractivity (Wildman–Crippen MR) is 107 cm³/mol. The zero-order valence-corrected chi connectivity index (χ0v) is 17.7. The van der Waals surface area contributed by atoms with Gasteiger partial charge in [0.2, 0.25) is 10.0 Å². The Kier molecular flexibility index (Phi) is 9.01. The molecule has 0 unspecified atom stereocenters. The van der Waals surface area contributed by atoms with Gasteiger partial charge >= 0.3 is 5.97 Å². The smallest absolute Gasteiger partial charge is 0.321 e. The first kappa shape index (κ1) is 22.9. The number of carbonyl (C=O) groups is 2. The van der Waals surface area contributed by atoms with Gasteiger partial charge in [-0.3, -0.25) is 9.59 Å². The first-order valence-corrected chi connectivity index (χ1v) is 11.4. The zero-order valence-electron chi connectivity index (χ0n) is 15.4. The van der Waals surface area contributed by atoms with Crippen molar-refractivity contribution in [1.82, 2.24) is 10.0 Å². The van der Waals surface area contributed by atoms with Crippen molar-refractivity contribution in [3.05, 3.63) is 28.2 Å². The highest BCUT2D eigenvalue weighted by molar-refractivity contribution is 7.89. The standard InChI is InChI=1S/C18H24Cl2N2O5S/c19-15-9-8-14(10-16(15)20)28(25,26)21-11-18(24)27-12-17(23)22-13-6-4-2-1-3-5-7-13/h8-10,13,21H,1-7,11-12H2,(H,22,23). The lowest BCUT2D eigenvalue weighted by molar-refractivity contribution is -0.147. The summed E-state index contributed by atoms with van der Waals surface area (Å²) in [6, 6.07) is 3.89. The predicted octanol–water partition coefficient (Wildman–Crippen LogP) is 3.04. The Bertz CT molecular complexity index is 793. The summed E-state index contributed by atoms with van der Waals surface area (Å²) in [6.45, 7) is -1.04. The molecule has 0 aromatic heterocycles. The van der Waals surface area contributed by atoms with Crippen LogP contribution in [0.5, 0.6) is 0 Å². The monoisotopic (exact) mass is 450 g/mol. The summed E-state index contributed by atoms with van der Waals surface area (Å²) in [7, 11) is -3.96. The van der Waals surface area contributed by atoms with E-state index in [2.05, 4.69) is 10.0 Å². The number of esters is 1. The zero-order chi connectivity index (χ0) is 20.6. The van der Waals surface area contributed by atoms with Crippen molar-refractivity contribution in [2.45, 2.75) is 55.9 Å². The molecule has 1 amide bonds. The third-order valence-electron chi connectivity index (χ3n) is 4.44. The molecule has 28 heavy (non-hydrogen) atoms. The lowest BCUT2D eigenvalue weighted by atomic mass is 9.97. The van der Waals surface area contributed by atoms with Crippen molar-refractivity contribution < 1.29 is 22.7 Å². The molecular weight excluding hydrogens is 427 g/mol. The second-order valence-electron chi connectivity index (χ2n) is 6.67. The average Bonchev–Trinajstić information content (AvgIpc) is 2.62. The van der Waals surface area contributed by atoms with Gasteiger partial charge in [0.15, 0.2) is 6.61 Å². The fourth-order valence-electron chi connectivity index (χ4n) is 2.95. The number of halogens is 2. The Morgan fingerprint density at radius 2 is 1.68 bits per heavy atom. The van der Waals surface area contributed by atoms with Crippen LogP contribution in [0.1, 0.15) is 44.9 Å². The highest BCUT2D eigenvalue weighted by Crippen LogP contribution is 2.24. The van der Waals surface area contributed by atoms with Gasteiger partial charge in [0.05, 0.1) is 14.9 Å². The highest BCUT2D eigenvalue weighted by Gasteiger charge is 2.19. The number of hydrogen-bond acceptors (Lipinski definition) is 5. The first-order chi connectivity index (χ1) is 13.3. The molecule has 1 aliphatic rings. The van der Waals surface area contributed by atoms with Crippen LogP contribution in [0.2, 0.25) is 10.0 Å². The van der Waals surface area contributed by atoms with E-state index in [0.29, 0.717) is 0 Å². The minimum absolute atomic E-state index is 0.0815. The van der Waals surface area contributed by atoms with Gasteiger partial charge in [0.1, 0.15) is 6.54 Å². The number of hydrogen-bond donors (Lipinski definition) is 2. The van der Waals surface area contributed by atoms with Crippen LogP contribution in [-0.4, -0.2) is 39.5 Å². The van der Waals surface area contributed by atoms with Crippen LogP contribution in [-0.2, 0) is 24.3 Å². The van der Waals surface area contributed by atoms with Crippen LogP contribution in [0, 0.1) is 0 Å². The Morgan fingerprint density at radius 3 is 2.32 bits per heavy atom. The molecular formula is C18H24Cl2N2O5S. The second-order valence-corrected chi connectivity index (χ2v) is 9.25. The molecule has 0 saturated heterocycles. The van der Waals surface area contributed by atoms with Gasteiger partial charge in [-0.05, 0) is 31.0 Å². The molecule has 2 N–H and O–H groups in total. The minimum atomic E-state index is -3.96. The molecule has 10 heteroatoms. The van der Waals surface area contributed by atoms with Gasteiger partial charge in [0.25, 0.3) is 5.91 Å². The van der Waals surface area contributed by atoms with Crippen molar-refractivity contribution >= 4 is 45.1 Å². The van der Waals surface area contributed by atoms with Gasteiger partial charge in [-0.25, -0.2) is 8.42 Å². The fraction of sp³-hybridized carbons (Fsp3) is 0.556. The summed E-state index contributed by atoms with van der Waals surface area (Å²) in [5, 5.41) is 3.17. The van der Waals surface area contributed by atoms with E-state index >= 15 is 0 Å². The molecule has 1 fully saturated rings. The van der Waals surface area contributed by atoms with Gasteiger partial charge in [-0.1, -0.05) is 55.3 Å². The van der Waals surface area contributed by atoms with Crippen LogP contribution < -0.4 is 10.0 Å². The minimum Gasteiger partial charge on any atom is -0.455 e. The summed E-state index contributed by atoms with van der Waals surface area (Å²) in [4.78, 5) is 23.6. The molecule has 0 bridgehead atoms. The van der Waals surface area contributed by atoms with Gasteiger partial charge < -0.3 is 10.1 Å². The molecule has 1 aromatic carbocycles. The molecule has 0 atom stereocenters. The summed E-state index contributed by atoms with van der Waals surface area (Å²) in [5.41, 5.74) is 0. The quantitative estimate of drug-likeness (QED) is 0.621. The molecule has 0 aliphatic heterocycles. The van der Waals surface area contributed by atoms with E-state index < -0.39 is 29.1 Å². The maximum Gasteiger partial charge on any atom is 0.321 e. The second kappa shape index (κ2) is 11.0. The van der Waals surface area contributed by atoms with Crippen molar-refractivity contribution in [2.75, 3.05) is 13.2 Å². The molecule has 156 valence electrons. The molecule has 1 aromatic rings.